The second-order valence-corrected chi connectivity index (χ2v) is 8.99. The monoisotopic (exact) mass is 423 g/mol. The Morgan fingerprint density at radius 3 is 2.53 bits per heavy atom. The zero-order valence-electron chi connectivity index (χ0n) is 17.2. The van der Waals surface area contributed by atoms with Gasteiger partial charge in [0.15, 0.2) is 0 Å². The van der Waals surface area contributed by atoms with Gasteiger partial charge in [-0.2, -0.15) is 0 Å². The highest BCUT2D eigenvalue weighted by atomic mass is 32.2. The summed E-state index contributed by atoms with van der Waals surface area (Å²) in [5, 5.41) is 0. The van der Waals surface area contributed by atoms with E-state index < -0.39 is 10.0 Å². The van der Waals surface area contributed by atoms with Gasteiger partial charge in [-0.3, -0.25) is 4.31 Å². The van der Waals surface area contributed by atoms with Crippen molar-refractivity contribution in [1.29, 1.82) is 0 Å². The predicted octanol–water partition coefficient (Wildman–Crippen LogP) is 3.87. The third-order valence-electron chi connectivity index (χ3n) is 5.41. The fourth-order valence-electron chi connectivity index (χ4n) is 3.89. The minimum Gasteiger partial charge on any atom is -0.496 e. The second-order valence-electron chi connectivity index (χ2n) is 7.13. The van der Waals surface area contributed by atoms with Crippen LogP contribution in [0.4, 0.5) is 11.5 Å². The van der Waals surface area contributed by atoms with Gasteiger partial charge in [-0.15, -0.1) is 0 Å². The molecule has 0 atom stereocenters. The van der Waals surface area contributed by atoms with Crippen molar-refractivity contribution in [2.45, 2.75) is 24.8 Å². The van der Waals surface area contributed by atoms with Crippen LogP contribution in [0.1, 0.15) is 18.1 Å². The molecule has 2 heterocycles. The number of fused-ring (bicyclic) bond motifs is 1. The maximum absolute atomic E-state index is 13.1. The van der Waals surface area contributed by atoms with Gasteiger partial charge < -0.3 is 9.64 Å². The molecule has 7 heteroatoms. The lowest BCUT2D eigenvalue weighted by Crippen LogP contribution is -2.32. The quantitative estimate of drug-likeness (QED) is 0.602. The van der Waals surface area contributed by atoms with E-state index in [0.29, 0.717) is 12.2 Å². The molecule has 30 heavy (non-hydrogen) atoms. The minimum absolute atomic E-state index is 0.191. The summed E-state index contributed by atoms with van der Waals surface area (Å²) in [4.78, 5) is 6.83. The molecule has 0 radical (unpaired) electrons. The van der Waals surface area contributed by atoms with Crippen LogP contribution in [-0.2, 0) is 23.0 Å². The van der Waals surface area contributed by atoms with Gasteiger partial charge >= 0.3 is 0 Å². The van der Waals surface area contributed by atoms with E-state index in [-0.39, 0.29) is 4.90 Å². The molecule has 0 N–H and O–H groups in total. The van der Waals surface area contributed by atoms with Crippen LogP contribution in [0, 0.1) is 0 Å². The Bertz CT molecular complexity index is 1120. The average molecular weight is 424 g/mol. The van der Waals surface area contributed by atoms with Crippen molar-refractivity contribution in [3.05, 3.63) is 78.0 Å². The fraction of sp³-hybridized carbons (Fsp3) is 0.261. The van der Waals surface area contributed by atoms with Crippen LogP contribution in [0.25, 0.3) is 0 Å². The number of hydrogen-bond acceptors (Lipinski definition) is 5. The molecule has 0 aliphatic carbocycles. The predicted molar refractivity (Wildman–Crippen MR) is 119 cm³/mol. The lowest BCUT2D eigenvalue weighted by molar-refractivity contribution is 0.407. The van der Waals surface area contributed by atoms with Crippen molar-refractivity contribution in [1.82, 2.24) is 4.98 Å². The van der Waals surface area contributed by atoms with Crippen molar-refractivity contribution < 1.29 is 13.2 Å². The van der Waals surface area contributed by atoms with E-state index in [2.05, 4.69) is 16.0 Å². The van der Waals surface area contributed by atoms with Gasteiger partial charge in [-0.25, -0.2) is 13.4 Å². The van der Waals surface area contributed by atoms with Crippen molar-refractivity contribution >= 4 is 21.5 Å². The van der Waals surface area contributed by atoms with Crippen molar-refractivity contribution in [3.63, 3.8) is 0 Å². The molecule has 156 valence electrons. The SMILES string of the molecule is CCN(c1ccccc1)S(=O)(=O)c1ccc(N2CCc3c(cccc3OC)C2)nc1. The summed E-state index contributed by atoms with van der Waals surface area (Å²) in [6.45, 7) is 3.69. The number of pyridine rings is 1. The molecule has 0 saturated carbocycles. The van der Waals surface area contributed by atoms with Crippen molar-refractivity contribution in [3.8, 4) is 5.75 Å². The molecule has 3 aromatic rings. The topological polar surface area (TPSA) is 62.7 Å². The highest BCUT2D eigenvalue weighted by Crippen LogP contribution is 2.30. The molecule has 6 nitrogen and oxygen atoms in total. The number of anilines is 2. The number of para-hydroxylation sites is 1. The Balaban J connectivity index is 1.57. The van der Waals surface area contributed by atoms with Crippen LogP contribution in [0.2, 0.25) is 0 Å². The molecule has 0 bridgehead atoms. The number of methoxy groups -OCH3 is 1. The van der Waals surface area contributed by atoms with Crippen LogP contribution in [0.3, 0.4) is 0 Å². The van der Waals surface area contributed by atoms with E-state index in [1.54, 1.807) is 31.4 Å². The maximum Gasteiger partial charge on any atom is 0.265 e. The lowest BCUT2D eigenvalue weighted by atomic mass is 9.98. The van der Waals surface area contributed by atoms with Gasteiger partial charge in [-0.1, -0.05) is 30.3 Å². The van der Waals surface area contributed by atoms with Gasteiger partial charge in [0.2, 0.25) is 0 Å². The molecule has 0 fully saturated rings. The molecule has 0 saturated heterocycles. The fourth-order valence-corrected chi connectivity index (χ4v) is 5.31. The van der Waals surface area contributed by atoms with Crippen LogP contribution in [-0.4, -0.2) is 33.6 Å². The smallest absolute Gasteiger partial charge is 0.265 e. The largest absolute Gasteiger partial charge is 0.496 e. The number of sulfonamides is 1. The molecule has 1 aliphatic heterocycles. The molecular formula is C23H25N3O3S. The zero-order chi connectivity index (χ0) is 21.1. The number of hydrogen-bond donors (Lipinski definition) is 0. The Hall–Kier alpha value is -3.06. The highest BCUT2D eigenvalue weighted by Gasteiger charge is 2.25. The second kappa shape index (κ2) is 8.36. The molecule has 1 aromatic heterocycles. The molecule has 4 rings (SSSR count). The molecule has 0 amide bonds. The van der Waals surface area contributed by atoms with Gasteiger partial charge in [-0.05, 0) is 49.2 Å². The van der Waals surface area contributed by atoms with Crippen LogP contribution in [0.15, 0.2) is 71.8 Å². The van der Waals surface area contributed by atoms with Crippen molar-refractivity contribution in [2.75, 3.05) is 29.4 Å². The molecular weight excluding hydrogens is 398 g/mol. The Kier molecular flexibility index (Phi) is 5.63. The standard InChI is InChI=1S/C23H25N3O3S/c1-3-26(19-9-5-4-6-10-19)30(27,28)20-12-13-23(24-16-20)25-15-14-21-18(17-25)8-7-11-22(21)29-2/h4-13,16H,3,14-15,17H2,1-2H3. The zero-order valence-corrected chi connectivity index (χ0v) is 18.0. The number of nitrogens with zero attached hydrogens (tertiary/aromatic N) is 3. The normalized spacial score (nSPS) is 13.6. The average Bonchev–Trinajstić information content (AvgIpc) is 2.79. The summed E-state index contributed by atoms with van der Waals surface area (Å²) in [6.07, 6.45) is 2.32. The van der Waals surface area contributed by atoms with E-state index >= 15 is 0 Å². The van der Waals surface area contributed by atoms with Crippen LogP contribution in [0.5, 0.6) is 5.75 Å². The van der Waals surface area contributed by atoms with Gasteiger partial charge in [0, 0.05) is 31.4 Å². The van der Waals surface area contributed by atoms with E-state index in [9.17, 15) is 8.42 Å². The van der Waals surface area contributed by atoms with Crippen molar-refractivity contribution in [2.24, 2.45) is 0 Å². The van der Waals surface area contributed by atoms with Crippen LogP contribution >= 0.6 is 0 Å². The maximum atomic E-state index is 13.1. The first-order valence-corrected chi connectivity index (χ1v) is 11.4. The summed E-state index contributed by atoms with van der Waals surface area (Å²) in [7, 11) is -1.98. The van der Waals surface area contributed by atoms with E-state index in [1.165, 1.54) is 21.6 Å². The third-order valence-corrected chi connectivity index (χ3v) is 7.29. The summed E-state index contributed by atoms with van der Waals surface area (Å²) >= 11 is 0. The lowest BCUT2D eigenvalue weighted by Gasteiger charge is -2.30. The summed E-state index contributed by atoms with van der Waals surface area (Å²) in [5.41, 5.74) is 3.09. The first-order valence-electron chi connectivity index (χ1n) is 9.98. The van der Waals surface area contributed by atoms with Crippen LogP contribution < -0.4 is 13.9 Å². The van der Waals surface area contributed by atoms with Gasteiger partial charge in [0.05, 0.1) is 12.8 Å². The molecule has 1 aliphatic rings. The third kappa shape index (κ3) is 3.73. The summed E-state index contributed by atoms with van der Waals surface area (Å²) < 4.78 is 33.2. The number of benzene rings is 2. The minimum atomic E-state index is -3.67. The number of rotatable bonds is 6. The molecule has 0 spiro atoms. The van der Waals surface area contributed by atoms with E-state index in [4.69, 9.17) is 4.74 Å². The molecule has 2 aromatic carbocycles. The Morgan fingerprint density at radius 2 is 1.87 bits per heavy atom. The van der Waals surface area contributed by atoms with E-state index in [0.717, 1.165) is 31.1 Å². The van der Waals surface area contributed by atoms with Gasteiger partial charge in [0.25, 0.3) is 10.0 Å². The van der Waals surface area contributed by atoms with E-state index in [1.807, 2.05) is 37.3 Å². The first-order chi connectivity index (χ1) is 14.5. The van der Waals surface area contributed by atoms with Gasteiger partial charge in [0.1, 0.15) is 16.5 Å². The highest BCUT2D eigenvalue weighted by molar-refractivity contribution is 7.92. The number of ether oxygens (including phenoxy) is 1. The summed E-state index contributed by atoms with van der Waals surface area (Å²) in [5.74, 6) is 1.69. The first kappa shape index (κ1) is 20.2. The Labute approximate surface area is 177 Å². The Morgan fingerprint density at radius 1 is 1.07 bits per heavy atom. The molecule has 0 unspecified atom stereocenters. The summed E-state index contributed by atoms with van der Waals surface area (Å²) in [6, 6.07) is 18.6. The number of aromatic nitrogens is 1.